The van der Waals surface area contributed by atoms with Gasteiger partial charge in [0.2, 0.25) is 0 Å². The van der Waals surface area contributed by atoms with Crippen molar-refractivity contribution in [2.24, 2.45) is 0 Å². The van der Waals surface area contributed by atoms with Crippen LogP contribution in [0.3, 0.4) is 0 Å². The largest absolute Gasteiger partial charge is 0.316 e. The molecule has 0 aliphatic carbocycles. The number of hydrogen-bond donors (Lipinski definition) is 2. The summed E-state index contributed by atoms with van der Waals surface area (Å²) in [6.45, 7) is 0.678. The molecular weight excluding hydrogens is 348 g/mol. The lowest BCUT2D eigenvalue weighted by atomic mass is 10.1. The number of nitrogens with one attached hydrogen (secondary N) is 2. The van der Waals surface area contributed by atoms with Gasteiger partial charge in [0.25, 0.3) is 10.0 Å². The van der Waals surface area contributed by atoms with Crippen LogP contribution < -0.4 is 10.0 Å². The number of benzene rings is 1. The highest BCUT2D eigenvalue weighted by Gasteiger charge is 2.17. The van der Waals surface area contributed by atoms with Crippen LogP contribution in [-0.4, -0.2) is 15.5 Å². The van der Waals surface area contributed by atoms with Crippen molar-refractivity contribution in [3.05, 3.63) is 58.1 Å². The van der Waals surface area contributed by atoms with Crippen molar-refractivity contribution in [2.45, 2.75) is 11.4 Å². The molecule has 0 aliphatic rings. The molecule has 4 nitrogen and oxygen atoms in total. The highest BCUT2D eigenvalue weighted by molar-refractivity contribution is 7.92. The molecule has 0 spiro atoms. The summed E-state index contributed by atoms with van der Waals surface area (Å²) in [6, 6.07) is 11.4. The first-order valence-corrected chi connectivity index (χ1v) is 10.3. The fraction of sp³-hybridized carbons (Fsp3) is 0.125. The molecule has 0 aliphatic heterocycles. The molecule has 0 atom stereocenters. The zero-order chi connectivity index (χ0) is 16.3. The Morgan fingerprint density at radius 3 is 2.65 bits per heavy atom. The van der Waals surface area contributed by atoms with Gasteiger partial charge in [-0.05, 0) is 41.6 Å². The van der Waals surface area contributed by atoms with Gasteiger partial charge >= 0.3 is 0 Å². The highest BCUT2D eigenvalue weighted by atomic mass is 32.2. The van der Waals surface area contributed by atoms with Gasteiger partial charge in [0.15, 0.2) is 0 Å². The van der Waals surface area contributed by atoms with Gasteiger partial charge in [-0.2, -0.15) is 11.3 Å². The normalized spacial score (nSPS) is 11.5. The van der Waals surface area contributed by atoms with Gasteiger partial charge in [0.05, 0.1) is 10.6 Å². The van der Waals surface area contributed by atoms with Crippen LogP contribution in [0.15, 0.2) is 57.4 Å². The molecule has 0 bridgehead atoms. The lowest BCUT2D eigenvalue weighted by molar-refractivity contribution is 0.601. The summed E-state index contributed by atoms with van der Waals surface area (Å²) in [4.78, 5) is 1.32. The lowest BCUT2D eigenvalue weighted by Gasteiger charge is -2.13. The standard InChI is InChI=1S/C16H16N2O2S3/c1-17-10-12-4-5-14(16-3-2-7-22-16)15(9-12)18-23(19,20)13-6-8-21-11-13/h2-9,11,17-18H,10H2,1H3. The quantitative estimate of drug-likeness (QED) is 0.695. The predicted octanol–water partition coefficient (Wildman–Crippen LogP) is 4.00. The first-order valence-electron chi connectivity index (χ1n) is 6.96. The van der Waals surface area contributed by atoms with Crippen molar-refractivity contribution in [1.29, 1.82) is 0 Å². The molecule has 0 saturated carbocycles. The van der Waals surface area contributed by atoms with E-state index in [9.17, 15) is 8.42 Å². The summed E-state index contributed by atoms with van der Waals surface area (Å²) in [5, 5.41) is 8.45. The molecule has 120 valence electrons. The molecule has 3 rings (SSSR count). The Hall–Kier alpha value is -1.67. The van der Waals surface area contributed by atoms with Crippen molar-refractivity contribution in [3.63, 3.8) is 0 Å². The van der Waals surface area contributed by atoms with Crippen LogP contribution in [0.2, 0.25) is 0 Å². The average molecular weight is 365 g/mol. The van der Waals surface area contributed by atoms with E-state index < -0.39 is 10.0 Å². The number of sulfonamides is 1. The second kappa shape index (κ2) is 6.84. The van der Waals surface area contributed by atoms with Crippen LogP contribution in [0.5, 0.6) is 0 Å². The number of hydrogen-bond acceptors (Lipinski definition) is 5. The zero-order valence-electron chi connectivity index (χ0n) is 12.4. The smallest absolute Gasteiger partial charge is 0.262 e. The molecule has 23 heavy (non-hydrogen) atoms. The van der Waals surface area contributed by atoms with Crippen LogP contribution in [-0.2, 0) is 16.6 Å². The van der Waals surface area contributed by atoms with Gasteiger partial charge in [-0.15, -0.1) is 11.3 Å². The van der Waals surface area contributed by atoms with Crippen molar-refractivity contribution >= 4 is 38.4 Å². The van der Waals surface area contributed by atoms with E-state index in [1.165, 1.54) is 11.3 Å². The summed E-state index contributed by atoms with van der Waals surface area (Å²) >= 11 is 2.95. The summed E-state index contributed by atoms with van der Waals surface area (Å²) in [6.07, 6.45) is 0. The molecule has 0 fully saturated rings. The molecule has 2 N–H and O–H groups in total. The van der Waals surface area contributed by atoms with Gasteiger partial charge in [-0.25, -0.2) is 8.42 Å². The van der Waals surface area contributed by atoms with E-state index in [0.717, 1.165) is 16.0 Å². The maximum absolute atomic E-state index is 12.5. The van der Waals surface area contributed by atoms with Crippen molar-refractivity contribution in [3.8, 4) is 10.4 Å². The van der Waals surface area contributed by atoms with E-state index in [-0.39, 0.29) is 0 Å². The monoisotopic (exact) mass is 364 g/mol. The predicted molar refractivity (Wildman–Crippen MR) is 97.6 cm³/mol. The van der Waals surface area contributed by atoms with Crippen molar-refractivity contribution < 1.29 is 8.42 Å². The first-order chi connectivity index (χ1) is 11.1. The summed E-state index contributed by atoms with van der Waals surface area (Å²) in [5.74, 6) is 0. The van der Waals surface area contributed by atoms with Crippen LogP contribution in [0.4, 0.5) is 5.69 Å². The van der Waals surface area contributed by atoms with Gasteiger partial charge in [-0.1, -0.05) is 18.2 Å². The molecule has 0 amide bonds. The van der Waals surface area contributed by atoms with E-state index in [1.54, 1.807) is 28.2 Å². The van der Waals surface area contributed by atoms with E-state index in [0.29, 0.717) is 17.1 Å². The molecular formula is C16H16N2O2S3. The second-order valence-electron chi connectivity index (χ2n) is 4.95. The second-order valence-corrected chi connectivity index (χ2v) is 8.36. The fourth-order valence-electron chi connectivity index (χ4n) is 2.25. The Bertz CT molecular complexity index is 870. The summed E-state index contributed by atoms with van der Waals surface area (Å²) in [5.41, 5.74) is 2.51. The fourth-order valence-corrected chi connectivity index (χ4v) is 5.11. The van der Waals surface area contributed by atoms with Crippen molar-refractivity contribution in [2.75, 3.05) is 11.8 Å². The molecule has 3 aromatic rings. The van der Waals surface area contributed by atoms with Crippen LogP contribution in [0.1, 0.15) is 5.56 Å². The van der Waals surface area contributed by atoms with E-state index in [2.05, 4.69) is 10.0 Å². The zero-order valence-corrected chi connectivity index (χ0v) is 14.9. The third-order valence-corrected chi connectivity index (χ3v) is 6.40. The molecule has 1 aromatic carbocycles. The Kier molecular flexibility index (Phi) is 4.82. The Morgan fingerprint density at radius 1 is 1.13 bits per heavy atom. The average Bonchev–Trinajstić information content (AvgIpc) is 3.21. The number of anilines is 1. The van der Waals surface area contributed by atoms with E-state index in [4.69, 9.17) is 0 Å². The summed E-state index contributed by atoms with van der Waals surface area (Å²) in [7, 11) is -1.71. The molecule has 0 saturated heterocycles. The maximum atomic E-state index is 12.5. The molecule has 7 heteroatoms. The Labute approximate surface area is 143 Å². The van der Waals surface area contributed by atoms with E-state index in [1.807, 2.05) is 42.8 Å². The molecule has 2 heterocycles. The van der Waals surface area contributed by atoms with Crippen LogP contribution in [0, 0.1) is 0 Å². The van der Waals surface area contributed by atoms with Gasteiger partial charge in [-0.3, -0.25) is 4.72 Å². The SMILES string of the molecule is CNCc1ccc(-c2cccs2)c(NS(=O)(=O)c2ccsc2)c1. The first kappa shape index (κ1) is 16.2. The molecule has 0 radical (unpaired) electrons. The minimum absolute atomic E-state index is 0.290. The number of rotatable bonds is 6. The Balaban J connectivity index is 2.03. The molecule has 0 unspecified atom stereocenters. The van der Waals surface area contributed by atoms with Crippen molar-refractivity contribution in [1.82, 2.24) is 5.32 Å². The maximum Gasteiger partial charge on any atom is 0.262 e. The minimum atomic E-state index is -3.57. The third kappa shape index (κ3) is 3.64. The van der Waals surface area contributed by atoms with Crippen LogP contribution >= 0.6 is 22.7 Å². The highest BCUT2D eigenvalue weighted by Crippen LogP contribution is 2.33. The van der Waals surface area contributed by atoms with Crippen LogP contribution in [0.25, 0.3) is 10.4 Å². The third-order valence-electron chi connectivity index (χ3n) is 3.30. The topological polar surface area (TPSA) is 58.2 Å². The molecule has 2 aromatic heterocycles. The van der Waals surface area contributed by atoms with E-state index >= 15 is 0 Å². The van der Waals surface area contributed by atoms with Gasteiger partial charge < -0.3 is 5.32 Å². The van der Waals surface area contributed by atoms with Gasteiger partial charge in [0, 0.05) is 22.4 Å². The minimum Gasteiger partial charge on any atom is -0.316 e. The lowest BCUT2D eigenvalue weighted by Crippen LogP contribution is -2.13. The van der Waals surface area contributed by atoms with Gasteiger partial charge in [0.1, 0.15) is 0 Å². The number of thiophene rings is 2. The summed E-state index contributed by atoms with van der Waals surface area (Å²) < 4.78 is 27.8. The Morgan fingerprint density at radius 2 is 2.00 bits per heavy atom.